The number of rotatable bonds is 4. The molecule has 0 aliphatic carbocycles. The molecule has 0 aromatic heterocycles. The summed E-state index contributed by atoms with van der Waals surface area (Å²) < 4.78 is 53.3. The van der Waals surface area contributed by atoms with E-state index in [1.165, 1.54) is 43.3 Å². The predicted molar refractivity (Wildman–Crippen MR) is 95.6 cm³/mol. The van der Waals surface area contributed by atoms with Crippen molar-refractivity contribution in [1.29, 1.82) is 0 Å². The largest absolute Gasteiger partial charge is 0.472 e. The Kier molecular flexibility index (Phi) is 5.20. The molecule has 142 valence electrons. The summed E-state index contributed by atoms with van der Waals surface area (Å²) in [7, 11) is 0. The quantitative estimate of drug-likeness (QED) is 0.664. The van der Waals surface area contributed by atoms with Gasteiger partial charge in [-0.2, -0.15) is 13.2 Å². The first-order valence-electron chi connectivity index (χ1n) is 8.25. The Bertz CT molecular complexity index is 875. The van der Waals surface area contributed by atoms with Crippen molar-refractivity contribution in [2.45, 2.75) is 25.1 Å². The lowest BCUT2D eigenvalue weighted by atomic mass is 9.82. The highest BCUT2D eigenvalue weighted by atomic mass is 35.5. The number of para-hydroxylation sites is 1. The summed E-state index contributed by atoms with van der Waals surface area (Å²) >= 11 is 5.83. The molecular formula is C20H16ClF3O3. The van der Waals surface area contributed by atoms with Gasteiger partial charge in [-0.3, -0.25) is 0 Å². The van der Waals surface area contributed by atoms with Crippen molar-refractivity contribution in [3.63, 3.8) is 0 Å². The van der Waals surface area contributed by atoms with Gasteiger partial charge < -0.3 is 9.47 Å². The third-order valence-electron chi connectivity index (χ3n) is 4.26. The molecule has 0 saturated carbocycles. The van der Waals surface area contributed by atoms with Gasteiger partial charge in [-0.25, -0.2) is 4.79 Å². The zero-order chi connectivity index (χ0) is 19.7. The highest BCUT2D eigenvalue weighted by Gasteiger charge is 2.63. The average Bonchev–Trinajstić information content (AvgIpc) is 2.62. The van der Waals surface area contributed by atoms with E-state index in [0.29, 0.717) is 16.1 Å². The molecule has 2 aromatic rings. The van der Waals surface area contributed by atoms with Crippen LogP contribution in [-0.2, 0) is 16.0 Å². The fourth-order valence-corrected chi connectivity index (χ4v) is 3.10. The van der Waals surface area contributed by atoms with Crippen molar-refractivity contribution in [3.8, 4) is 5.75 Å². The summed E-state index contributed by atoms with van der Waals surface area (Å²) in [6.07, 6.45) is -4.26. The van der Waals surface area contributed by atoms with Crippen LogP contribution in [0.25, 0.3) is 6.08 Å². The normalized spacial score (nSPS) is 18.9. The third-order valence-corrected chi connectivity index (χ3v) is 4.51. The van der Waals surface area contributed by atoms with Crippen molar-refractivity contribution in [1.82, 2.24) is 0 Å². The molecule has 1 aliphatic rings. The lowest BCUT2D eigenvalue weighted by Crippen LogP contribution is -2.56. The van der Waals surface area contributed by atoms with Gasteiger partial charge in [-0.1, -0.05) is 41.9 Å². The first kappa shape index (κ1) is 19.3. The predicted octanol–water partition coefficient (Wildman–Crippen LogP) is 5.22. The van der Waals surface area contributed by atoms with Crippen molar-refractivity contribution in [3.05, 3.63) is 70.3 Å². The Labute approximate surface area is 159 Å². The molecule has 1 aliphatic heterocycles. The smallest absolute Gasteiger partial charge is 0.433 e. The van der Waals surface area contributed by atoms with E-state index in [0.717, 1.165) is 0 Å². The van der Waals surface area contributed by atoms with Gasteiger partial charge in [0.25, 0.3) is 0 Å². The van der Waals surface area contributed by atoms with Crippen molar-refractivity contribution in [2.24, 2.45) is 0 Å². The molecule has 27 heavy (non-hydrogen) atoms. The van der Waals surface area contributed by atoms with Gasteiger partial charge in [-0.05, 0) is 36.8 Å². The van der Waals surface area contributed by atoms with E-state index >= 15 is 0 Å². The Hall–Kier alpha value is -2.47. The van der Waals surface area contributed by atoms with Crippen LogP contribution in [0.5, 0.6) is 5.75 Å². The number of hydrogen-bond donors (Lipinski definition) is 0. The number of alkyl halides is 3. The highest BCUT2D eigenvalue weighted by Crippen LogP contribution is 2.47. The minimum Gasteiger partial charge on any atom is -0.472 e. The van der Waals surface area contributed by atoms with E-state index in [9.17, 15) is 18.0 Å². The molecule has 0 amide bonds. The minimum absolute atomic E-state index is 0.0489. The van der Waals surface area contributed by atoms with E-state index in [-0.39, 0.29) is 12.4 Å². The number of ether oxygens (including phenoxy) is 2. The maximum absolute atomic E-state index is 14.3. The van der Waals surface area contributed by atoms with E-state index in [2.05, 4.69) is 0 Å². The van der Waals surface area contributed by atoms with Gasteiger partial charge in [0.1, 0.15) is 5.75 Å². The van der Waals surface area contributed by atoms with Gasteiger partial charge in [-0.15, -0.1) is 0 Å². The zero-order valence-electron chi connectivity index (χ0n) is 14.3. The lowest BCUT2D eigenvalue weighted by Gasteiger charge is -2.40. The molecule has 1 heterocycles. The zero-order valence-corrected chi connectivity index (χ0v) is 15.1. The summed E-state index contributed by atoms with van der Waals surface area (Å²) in [6, 6.07) is 12.2. The van der Waals surface area contributed by atoms with Crippen LogP contribution in [0.1, 0.15) is 18.1 Å². The Morgan fingerprint density at radius 3 is 2.44 bits per heavy atom. The molecule has 0 saturated heterocycles. The van der Waals surface area contributed by atoms with Crippen molar-refractivity contribution in [2.75, 3.05) is 6.61 Å². The van der Waals surface area contributed by atoms with Gasteiger partial charge in [0.2, 0.25) is 5.60 Å². The summed E-state index contributed by atoms with van der Waals surface area (Å²) in [4.78, 5) is 12.4. The van der Waals surface area contributed by atoms with Crippen LogP contribution in [0.2, 0.25) is 5.02 Å². The number of esters is 1. The van der Waals surface area contributed by atoms with Crippen LogP contribution in [-0.4, -0.2) is 24.4 Å². The maximum Gasteiger partial charge on any atom is 0.433 e. The summed E-state index contributed by atoms with van der Waals surface area (Å²) in [5.41, 5.74) is -2.73. The molecule has 0 fully saturated rings. The summed E-state index contributed by atoms with van der Waals surface area (Å²) in [5.74, 6) is -1.00. The number of carbonyl (C=O) groups excluding carboxylic acids is 1. The number of benzene rings is 2. The topological polar surface area (TPSA) is 35.5 Å². The van der Waals surface area contributed by atoms with E-state index < -0.39 is 29.7 Å². The maximum atomic E-state index is 14.3. The first-order valence-corrected chi connectivity index (χ1v) is 8.63. The van der Waals surface area contributed by atoms with Gasteiger partial charge >= 0.3 is 12.1 Å². The molecule has 3 rings (SSSR count). The van der Waals surface area contributed by atoms with E-state index in [4.69, 9.17) is 21.1 Å². The number of halogens is 4. The van der Waals surface area contributed by atoms with E-state index in [1.807, 2.05) is 0 Å². The van der Waals surface area contributed by atoms with Crippen molar-refractivity contribution < 1.29 is 27.4 Å². The fraction of sp³-hybridized carbons (Fsp3) is 0.250. The Morgan fingerprint density at radius 2 is 1.81 bits per heavy atom. The SMILES string of the molecule is CCOC(=O)C1=Cc2ccccc2OC1(Cc1ccc(Cl)cc1)C(F)(F)F. The Balaban J connectivity index is 2.17. The summed E-state index contributed by atoms with van der Waals surface area (Å²) in [5, 5.41) is 0.399. The molecule has 0 spiro atoms. The summed E-state index contributed by atoms with van der Waals surface area (Å²) in [6.45, 7) is 1.48. The van der Waals surface area contributed by atoms with Gasteiger partial charge in [0.05, 0.1) is 12.2 Å². The molecule has 2 aromatic carbocycles. The molecule has 0 N–H and O–H groups in total. The fourth-order valence-electron chi connectivity index (χ4n) is 2.97. The minimum atomic E-state index is -4.86. The van der Waals surface area contributed by atoms with E-state index in [1.54, 1.807) is 18.2 Å². The second-order valence-corrected chi connectivity index (χ2v) is 6.48. The second-order valence-electron chi connectivity index (χ2n) is 6.05. The van der Waals surface area contributed by atoms with Crippen LogP contribution in [0.4, 0.5) is 13.2 Å². The average molecular weight is 397 g/mol. The number of carbonyl (C=O) groups is 1. The number of hydrogen-bond acceptors (Lipinski definition) is 3. The first-order chi connectivity index (χ1) is 12.8. The van der Waals surface area contributed by atoms with Crippen LogP contribution in [0.15, 0.2) is 54.1 Å². The van der Waals surface area contributed by atoms with Gasteiger partial charge in [0.15, 0.2) is 0 Å². The lowest BCUT2D eigenvalue weighted by molar-refractivity contribution is -0.235. The molecule has 7 heteroatoms. The second kappa shape index (κ2) is 7.27. The molecule has 3 nitrogen and oxygen atoms in total. The molecule has 0 radical (unpaired) electrons. The standard InChI is InChI=1S/C20H16ClF3O3/c1-2-26-18(25)16-11-14-5-3-4-6-17(14)27-19(16,20(22,23)24)12-13-7-9-15(21)10-8-13/h3-11H,2,12H2,1H3. The Morgan fingerprint density at radius 1 is 1.15 bits per heavy atom. The molecule has 0 bridgehead atoms. The molecule has 1 unspecified atom stereocenters. The van der Waals surface area contributed by atoms with Gasteiger partial charge in [0, 0.05) is 17.0 Å². The van der Waals surface area contributed by atoms with Crippen LogP contribution in [0.3, 0.4) is 0 Å². The molecule has 1 atom stereocenters. The van der Waals surface area contributed by atoms with Crippen molar-refractivity contribution >= 4 is 23.6 Å². The molecular weight excluding hydrogens is 381 g/mol. The number of fused-ring (bicyclic) bond motifs is 1. The van der Waals surface area contributed by atoms with Crippen LogP contribution < -0.4 is 4.74 Å². The monoisotopic (exact) mass is 396 g/mol. The third kappa shape index (κ3) is 3.67. The van der Waals surface area contributed by atoms with Crippen LogP contribution in [0, 0.1) is 0 Å². The highest BCUT2D eigenvalue weighted by molar-refractivity contribution is 6.30. The van der Waals surface area contributed by atoms with Crippen LogP contribution >= 0.6 is 11.6 Å².